The fraction of sp³-hybridized carbons (Fsp3) is 0.667. The number of hydrogen-bond donors (Lipinski definition) is 1. The van der Waals surface area contributed by atoms with Crippen molar-refractivity contribution in [3.8, 4) is 0 Å². The average Bonchev–Trinajstić information content (AvgIpc) is 3.04. The van der Waals surface area contributed by atoms with Gasteiger partial charge in [-0.25, -0.2) is 0 Å². The van der Waals surface area contributed by atoms with Gasteiger partial charge in [0, 0.05) is 36.8 Å². The molecule has 4 unspecified atom stereocenters. The smallest absolute Gasteiger partial charge is 0.231 e. The van der Waals surface area contributed by atoms with Gasteiger partial charge in [-0.3, -0.25) is 9.59 Å². The molecule has 3 aliphatic rings. The minimum absolute atomic E-state index is 0. The lowest BCUT2D eigenvalue weighted by Gasteiger charge is -2.45. The second-order valence-corrected chi connectivity index (χ2v) is 10.0. The van der Waals surface area contributed by atoms with Crippen LogP contribution in [0.25, 0.3) is 0 Å². The van der Waals surface area contributed by atoms with Crippen LogP contribution >= 0.6 is 12.4 Å². The van der Waals surface area contributed by atoms with Crippen LogP contribution in [-0.4, -0.2) is 41.9 Å². The van der Waals surface area contributed by atoms with E-state index in [2.05, 4.69) is 26.8 Å². The zero-order valence-electron chi connectivity index (χ0n) is 18.5. The Morgan fingerprint density at radius 1 is 1.03 bits per heavy atom. The Hall–Kier alpha value is -1.59. The third kappa shape index (κ3) is 4.11. The molecule has 0 bridgehead atoms. The van der Waals surface area contributed by atoms with Crippen LogP contribution in [0, 0.1) is 17.3 Å². The molecular formula is C24H36ClN3O2. The van der Waals surface area contributed by atoms with Crippen LogP contribution in [0.15, 0.2) is 24.3 Å². The highest BCUT2D eigenvalue weighted by molar-refractivity contribution is 6.00. The number of rotatable bonds is 2. The minimum Gasteiger partial charge on any atom is -0.342 e. The zero-order valence-corrected chi connectivity index (χ0v) is 19.3. The number of hydrogen-bond acceptors (Lipinski definition) is 3. The number of piperidine rings is 1. The molecule has 1 saturated heterocycles. The van der Waals surface area contributed by atoms with Gasteiger partial charge in [0.15, 0.2) is 0 Å². The van der Waals surface area contributed by atoms with Crippen LogP contribution in [0.2, 0.25) is 0 Å². The van der Waals surface area contributed by atoms with E-state index in [1.54, 1.807) is 0 Å². The molecule has 2 heterocycles. The van der Waals surface area contributed by atoms with Crippen molar-refractivity contribution in [1.29, 1.82) is 0 Å². The monoisotopic (exact) mass is 433 g/mol. The number of carbonyl (C=O) groups excluding carboxylic acids is 2. The Bertz CT molecular complexity index is 796. The molecule has 2 fully saturated rings. The standard InChI is InChI=1S/C24H35N3O2.ClH/c1-16-14-17-8-4-7-11-20(17)27(16)23(29)19-10-6-5-9-18(19)22(28)26-13-12-21(25)24(2,3)15-26;/h4,7-8,11,16,18-19,21H,5-6,9-10,12-15,25H2,1-3H3;1H. The lowest BCUT2D eigenvalue weighted by molar-refractivity contribution is -0.145. The van der Waals surface area contributed by atoms with E-state index in [0.717, 1.165) is 44.2 Å². The Balaban J connectivity index is 0.00000256. The molecule has 30 heavy (non-hydrogen) atoms. The number of amides is 2. The molecule has 6 heteroatoms. The molecule has 0 radical (unpaired) electrons. The van der Waals surface area contributed by atoms with Crippen LogP contribution in [0.4, 0.5) is 5.69 Å². The number of fused-ring (bicyclic) bond motifs is 1. The third-order valence-electron chi connectivity index (χ3n) is 7.47. The predicted molar refractivity (Wildman–Crippen MR) is 123 cm³/mol. The van der Waals surface area contributed by atoms with Crippen molar-refractivity contribution in [2.24, 2.45) is 23.0 Å². The number of likely N-dealkylation sites (tertiary alicyclic amines) is 1. The summed E-state index contributed by atoms with van der Waals surface area (Å²) in [5.74, 6) is -0.0819. The van der Waals surface area contributed by atoms with E-state index < -0.39 is 0 Å². The molecule has 2 N–H and O–H groups in total. The second-order valence-electron chi connectivity index (χ2n) is 10.0. The highest BCUT2D eigenvalue weighted by Crippen LogP contribution is 2.39. The van der Waals surface area contributed by atoms with Gasteiger partial charge in [-0.15, -0.1) is 12.4 Å². The van der Waals surface area contributed by atoms with Gasteiger partial charge in [-0.2, -0.15) is 0 Å². The molecule has 0 aromatic heterocycles. The van der Waals surface area contributed by atoms with Crippen LogP contribution in [0.1, 0.15) is 58.4 Å². The molecule has 4 atom stereocenters. The summed E-state index contributed by atoms with van der Waals surface area (Å²) in [7, 11) is 0. The van der Waals surface area contributed by atoms with E-state index in [1.165, 1.54) is 5.56 Å². The number of halogens is 1. The Morgan fingerprint density at radius 2 is 1.67 bits per heavy atom. The topological polar surface area (TPSA) is 66.6 Å². The summed E-state index contributed by atoms with van der Waals surface area (Å²) in [6, 6.07) is 8.48. The summed E-state index contributed by atoms with van der Waals surface area (Å²) >= 11 is 0. The number of carbonyl (C=O) groups is 2. The molecule has 2 aliphatic heterocycles. The van der Waals surface area contributed by atoms with Gasteiger partial charge < -0.3 is 15.5 Å². The molecule has 166 valence electrons. The first-order valence-electron chi connectivity index (χ1n) is 11.2. The van der Waals surface area contributed by atoms with Gasteiger partial charge in [0.2, 0.25) is 11.8 Å². The fourth-order valence-electron chi connectivity index (χ4n) is 5.60. The van der Waals surface area contributed by atoms with Crippen LogP contribution in [0.5, 0.6) is 0 Å². The van der Waals surface area contributed by atoms with E-state index in [-0.39, 0.29) is 53.6 Å². The predicted octanol–water partition coefficient (Wildman–Crippen LogP) is 3.78. The van der Waals surface area contributed by atoms with Crippen molar-refractivity contribution in [2.45, 2.75) is 71.4 Å². The number of nitrogens with zero attached hydrogens (tertiary/aromatic N) is 2. The molecular weight excluding hydrogens is 398 g/mol. The van der Waals surface area contributed by atoms with E-state index in [9.17, 15) is 9.59 Å². The number of anilines is 1. The molecule has 1 aromatic rings. The van der Waals surface area contributed by atoms with Crippen molar-refractivity contribution < 1.29 is 9.59 Å². The number of nitrogens with two attached hydrogens (primary N) is 1. The van der Waals surface area contributed by atoms with Crippen molar-refractivity contribution >= 4 is 29.9 Å². The Morgan fingerprint density at radius 3 is 2.33 bits per heavy atom. The SMILES string of the molecule is CC1Cc2ccccc2N1C(=O)C1CCCCC1C(=O)N1CCC(N)C(C)(C)C1.Cl. The molecule has 1 saturated carbocycles. The van der Waals surface area contributed by atoms with E-state index in [4.69, 9.17) is 5.73 Å². The quantitative estimate of drug-likeness (QED) is 0.771. The highest BCUT2D eigenvalue weighted by atomic mass is 35.5. The highest BCUT2D eigenvalue weighted by Gasteiger charge is 2.44. The molecule has 4 rings (SSSR count). The van der Waals surface area contributed by atoms with Crippen molar-refractivity contribution in [3.05, 3.63) is 29.8 Å². The molecule has 0 spiro atoms. The first-order chi connectivity index (χ1) is 13.8. The number of benzene rings is 1. The summed E-state index contributed by atoms with van der Waals surface area (Å²) in [6.07, 6.45) is 5.43. The van der Waals surface area contributed by atoms with Gasteiger partial charge in [0.1, 0.15) is 0 Å². The lowest BCUT2D eigenvalue weighted by Crippen LogP contribution is -2.56. The molecule has 5 nitrogen and oxygen atoms in total. The summed E-state index contributed by atoms with van der Waals surface area (Å²) in [6.45, 7) is 7.80. The van der Waals surface area contributed by atoms with Gasteiger partial charge in [0.05, 0.1) is 5.92 Å². The molecule has 2 amide bonds. The Kier molecular flexibility index (Phi) is 6.83. The maximum atomic E-state index is 13.7. The van der Waals surface area contributed by atoms with Gasteiger partial charge in [0.25, 0.3) is 0 Å². The van der Waals surface area contributed by atoms with Gasteiger partial charge >= 0.3 is 0 Å². The Labute approximate surface area is 186 Å². The van der Waals surface area contributed by atoms with Crippen molar-refractivity contribution in [2.75, 3.05) is 18.0 Å². The fourth-order valence-corrected chi connectivity index (χ4v) is 5.60. The van der Waals surface area contributed by atoms with E-state index in [1.807, 2.05) is 28.0 Å². The first-order valence-corrected chi connectivity index (χ1v) is 11.2. The largest absolute Gasteiger partial charge is 0.342 e. The third-order valence-corrected chi connectivity index (χ3v) is 7.47. The van der Waals surface area contributed by atoms with Crippen LogP contribution < -0.4 is 10.6 Å². The van der Waals surface area contributed by atoms with Crippen LogP contribution in [-0.2, 0) is 16.0 Å². The first kappa shape index (κ1) is 23.1. The summed E-state index contributed by atoms with van der Waals surface area (Å²) in [4.78, 5) is 31.2. The minimum atomic E-state index is -0.205. The molecule has 1 aliphatic carbocycles. The zero-order chi connectivity index (χ0) is 20.8. The summed E-state index contributed by atoms with van der Waals surface area (Å²) in [5, 5.41) is 0. The maximum absolute atomic E-state index is 13.7. The van der Waals surface area contributed by atoms with Gasteiger partial charge in [-0.1, -0.05) is 44.9 Å². The van der Waals surface area contributed by atoms with E-state index >= 15 is 0 Å². The summed E-state index contributed by atoms with van der Waals surface area (Å²) in [5.41, 5.74) is 8.46. The maximum Gasteiger partial charge on any atom is 0.231 e. The number of para-hydroxylation sites is 1. The lowest BCUT2D eigenvalue weighted by atomic mass is 9.75. The van der Waals surface area contributed by atoms with Crippen LogP contribution in [0.3, 0.4) is 0 Å². The van der Waals surface area contributed by atoms with Gasteiger partial charge in [-0.05, 0) is 49.7 Å². The average molecular weight is 434 g/mol. The summed E-state index contributed by atoms with van der Waals surface area (Å²) < 4.78 is 0. The van der Waals surface area contributed by atoms with Crippen molar-refractivity contribution in [3.63, 3.8) is 0 Å². The van der Waals surface area contributed by atoms with E-state index in [0.29, 0.717) is 13.1 Å². The van der Waals surface area contributed by atoms with Crippen molar-refractivity contribution in [1.82, 2.24) is 4.90 Å². The second kappa shape index (κ2) is 8.88. The molecule has 1 aromatic carbocycles. The normalized spacial score (nSPS) is 30.4.